The van der Waals surface area contributed by atoms with Gasteiger partial charge in [0, 0.05) is 19.2 Å². The van der Waals surface area contributed by atoms with E-state index in [1.54, 1.807) is 6.20 Å². The molecule has 18 heavy (non-hydrogen) atoms. The third-order valence-corrected chi connectivity index (χ3v) is 2.43. The van der Waals surface area contributed by atoms with E-state index in [0.717, 1.165) is 12.2 Å². The number of nitrogens with zero attached hydrogens (tertiary/aromatic N) is 2. The molecule has 0 unspecified atom stereocenters. The number of ether oxygens (including phenoxy) is 1. The Morgan fingerprint density at radius 2 is 1.94 bits per heavy atom. The molecule has 0 aliphatic heterocycles. The van der Waals surface area contributed by atoms with Gasteiger partial charge < -0.3 is 4.74 Å². The van der Waals surface area contributed by atoms with Gasteiger partial charge in [-0.15, -0.1) is 0 Å². The van der Waals surface area contributed by atoms with E-state index in [4.69, 9.17) is 4.74 Å². The van der Waals surface area contributed by atoms with Gasteiger partial charge in [0.2, 0.25) is 0 Å². The van der Waals surface area contributed by atoms with Crippen molar-refractivity contribution < 1.29 is 13.5 Å². The van der Waals surface area contributed by atoms with Crippen molar-refractivity contribution in [1.29, 1.82) is 0 Å². The van der Waals surface area contributed by atoms with Gasteiger partial charge in [-0.3, -0.25) is 4.68 Å². The number of rotatable bonds is 6. The lowest BCUT2D eigenvalue weighted by Gasteiger charge is -2.05. The Kier molecular flexibility index (Phi) is 4.28. The Morgan fingerprint density at radius 3 is 2.61 bits per heavy atom. The van der Waals surface area contributed by atoms with E-state index in [2.05, 4.69) is 5.10 Å². The van der Waals surface area contributed by atoms with E-state index in [9.17, 15) is 8.78 Å². The van der Waals surface area contributed by atoms with Crippen LogP contribution in [0.4, 0.5) is 8.78 Å². The van der Waals surface area contributed by atoms with Crippen LogP contribution < -0.4 is 4.74 Å². The number of aryl methyl sites for hydroxylation is 1. The van der Waals surface area contributed by atoms with Gasteiger partial charge in [-0.2, -0.15) is 5.10 Å². The molecular formula is C13H14F2N2O. The van der Waals surface area contributed by atoms with Crippen LogP contribution in [0.2, 0.25) is 0 Å². The molecule has 0 fully saturated rings. The molecule has 0 spiro atoms. The first-order valence-electron chi connectivity index (χ1n) is 5.75. The molecule has 0 aliphatic carbocycles. The monoisotopic (exact) mass is 252 g/mol. The van der Waals surface area contributed by atoms with Crippen molar-refractivity contribution in [2.45, 2.75) is 19.4 Å². The van der Waals surface area contributed by atoms with Crippen molar-refractivity contribution in [1.82, 2.24) is 9.78 Å². The zero-order valence-electron chi connectivity index (χ0n) is 9.80. The highest BCUT2D eigenvalue weighted by atomic mass is 19.3. The first kappa shape index (κ1) is 12.5. The van der Waals surface area contributed by atoms with Crippen LogP contribution in [0.5, 0.6) is 5.75 Å². The Bertz CT molecular complexity index is 471. The van der Waals surface area contributed by atoms with Crippen molar-refractivity contribution in [3.63, 3.8) is 0 Å². The Labute approximate surface area is 104 Å². The second-order valence-corrected chi connectivity index (χ2v) is 3.82. The van der Waals surface area contributed by atoms with Crippen molar-refractivity contribution >= 4 is 0 Å². The van der Waals surface area contributed by atoms with Crippen LogP contribution in [0.1, 0.15) is 18.5 Å². The van der Waals surface area contributed by atoms with E-state index in [0.29, 0.717) is 13.2 Å². The first-order valence-corrected chi connectivity index (χ1v) is 5.75. The van der Waals surface area contributed by atoms with Crippen LogP contribution in [0, 0.1) is 0 Å². The number of aromatic nitrogens is 2. The fourth-order valence-corrected chi connectivity index (χ4v) is 1.55. The standard InChI is InChI=1S/C13H14F2N2O/c14-13(15)12-7-9-17(16-12)8-4-10-18-11-5-2-1-3-6-11/h1-3,5-7,9,13H,4,8,10H2. The third kappa shape index (κ3) is 3.55. The largest absolute Gasteiger partial charge is 0.494 e. The maximum Gasteiger partial charge on any atom is 0.282 e. The Hall–Kier alpha value is -1.91. The van der Waals surface area contributed by atoms with Gasteiger partial charge in [0.1, 0.15) is 11.4 Å². The van der Waals surface area contributed by atoms with Gasteiger partial charge in [0.25, 0.3) is 6.43 Å². The summed E-state index contributed by atoms with van der Waals surface area (Å²) < 4.78 is 31.6. The van der Waals surface area contributed by atoms with Gasteiger partial charge in [-0.1, -0.05) is 18.2 Å². The average Bonchev–Trinajstić information content (AvgIpc) is 2.85. The molecule has 0 aliphatic rings. The van der Waals surface area contributed by atoms with Gasteiger partial charge in [0.05, 0.1) is 6.61 Å². The number of benzene rings is 1. The summed E-state index contributed by atoms with van der Waals surface area (Å²) in [4.78, 5) is 0. The third-order valence-electron chi connectivity index (χ3n) is 2.43. The fraction of sp³-hybridized carbons (Fsp3) is 0.308. The highest BCUT2D eigenvalue weighted by Gasteiger charge is 2.09. The van der Waals surface area contributed by atoms with E-state index < -0.39 is 6.43 Å². The summed E-state index contributed by atoms with van der Waals surface area (Å²) in [7, 11) is 0. The lowest BCUT2D eigenvalue weighted by Crippen LogP contribution is -2.05. The van der Waals surface area contributed by atoms with Gasteiger partial charge in [-0.25, -0.2) is 8.78 Å². The highest BCUT2D eigenvalue weighted by Crippen LogP contribution is 2.15. The van der Waals surface area contributed by atoms with Crippen molar-refractivity contribution in [3.05, 3.63) is 48.3 Å². The van der Waals surface area contributed by atoms with E-state index in [-0.39, 0.29) is 5.69 Å². The number of alkyl halides is 2. The Morgan fingerprint density at radius 1 is 1.17 bits per heavy atom. The summed E-state index contributed by atoms with van der Waals surface area (Å²) in [6, 6.07) is 10.8. The van der Waals surface area contributed by atoms with Crippen molar-refractivity contribution in [3.8, 4) is 5.75 Å². The van der Waals surface area contributed by atoms with Crippen LogP contribution in [-0.2, 0) is 6.54 Å². The maximum atomic E-state index is 12.3. The molecule has 2 rings (SSSR count). The second-order valence-electron chi connectivity index (χ2n) is 3.82. The minimum atomic E-state index is -2.51. The first-order chi connectivity index (χ1) is 8.75. The van der Waals surface area contributed by atoms with Gasteiger partial charge in [0.15, 0.2) is 0 Å². The van der Waals surface area contributed by atoms with Crippen molar-refractivity contribution in [2.24, 2.45) is 0 Å². The summed E-state index contributed by atoms with van der Waals surface area (Å²) in [5.41, 5.74) is -0.182. The number of hydrogen-bond acceptors (Lipinski definition) is 2. The fourth-order valence-electron chi connectivity index (χ4n) is 1.55. The molecule has 0 amide bonds. The maximum absolute atomic E-state index is 12.3. The summed E-state index contributed by atoms with van der Waals surface area (Å²) in [5.74, 6) is 0.811. The molecule has 0 bridgehead atoms. The SMILES string of the molecule is FC(F)c1ccn(CCCOc2ccccc2)n1. The molecule has 2 aromatic rings. The molecule has 0 saturated carbocycles. The summed E-state index contributed by atoms with van der Waals surface area (Å²) in [5, 5.41) is 3.77. The second kappa shape index (κ2) is 6.14. The summed E-state index contributed by atoms with van der Waals surface area (Å²) >= 11 is 0. The van der Waals surface area contributed by atoms with Gasteiger partial charge in [-0.05, 0) is 18.2 Å². The van der Waals surface area contributed by atoms with Crippen LogP contribution in [0.3, 0.4) is 0 Å². The molecule has 96 valence electrons. The smallest absolute Gasteiger partial charge is 0.282 e. The van der Waals surface area contributed by atoms with Crippen LogP contribution >= 0.6 is 0 Å². The molecule has 0 radical (unpaired) electrons. The molecule has 1 aromatic heterocycles. The van der Waals surface area contributed by atoms with Crippen LogP contribution in [-0.4, -0.2) is 16.4 Å². The quantitative estimate of drug-likeness (QED) is 0.738. The molecular weight excluding hydrogens is 238 g/mol. The number of hydrogen-bond donors (Lipinski definition) is 0. The highest BCUT2D eigenvalue weighted by molar-refractivity contribution is 5.20. The van der Waals surface area contributed by atoms with E-state index in [1.807, 2.05) is 30.3 Å². The lowest BCUT2D eigenvalue weighted by molar-refractivity contribution is 0.145. The normalized spacial score (nSPS) is 10.8. The zero-order chi connectivity index (χ0) is 12.8. The topological polar surface area (TPSA) is 27.1 Å². The van der Waals surface area contributed by atoms with Crippen LogP contribution in [0.15, 0.2) is 42.6 Å². The molecule has 0 atom stereocenters. The van der Waals surface area contributed by atoms with E-state index >= 15 is 0 Å². The summed E-state index contributed by atoms with van der Waals surface area (Å²) in [6.45, 7) is 1.10. The lowest BCUT2D eigenvalue weighted by atomic mass is 10.3. The average molecular weight is 252 g/mol. The molecule has 1 heterocycles. The molecule has 0 N–H and O–H groups in total. The van der Waals surface area contributed by atoms with Crippen LogP contribution in [0.25, 0.3) is 0 Å². The molecule has 3 nitrogen and oxygen atoms in total. The number of halogens is 2. The minimum Gasteiger partial charge on any atom is -0.494 e. The predicted molar refractivity (Wildman–Crippen MR) is 63.7 cm³/mol. The minimum absolute atomic E-state index is 0.182. The predicted octanol–water partition coefficient (Wildman–Crippen LogP) is 3.29. The zero-order valence-corrected chi connectivity index (χ0v) is 9.80. The van der Waals surface area contributed by atoms with Crippen molar-refractivity contribution in [2.75, 3.05) is 6.61 Å². The number of para-hydroxylation sites is 1. The van der Waals surface area contributed by atoms with E-state index in [1.165, 1.54) is 10.7 Å². The summed E-state index contributed by atoms with van der Waals surface area (Å²) in [6.07, 6.45) is -0.227. The van der Waals surface area contributed by atoms with Gasteiger partial charge >= 0.3 is 0 Å². The molecule has 0 saturated heterocycles. The Balaban J connectivity index is 1.72. The molecule has 1 aromatic carbocycles. The molecule has 5 heteroatoms.